The summed E-state index contributed by atoms with van der Waals surface area (Å²) < 4.78 is 4.26. The molecular formula is C20H25N5O4S2. The zero-order valence-electron chi connectivity index (χ0n) is 16.9. The third-order valence-electron chi connectivity index (χ3n) is 4.85. The van der Waals surface area contributed by atoms with Gasteiger partial charge in [0.25, 0.3) is 5.91 Å². The number of hydrogen-bond donors (Lipinski definition) is 4. The number of carbonyl (C=O) groups excluding carboxylic acids is 2. The Balaban J connectivity index is 1.52. The van der Waals surface area contributed by atoms with Crippen LogP contribution in [0.2, 0.25) is 0 Å². The van der Waals surface area contributed by atoms with E-state index in [1.165, 1.54) is 36.7 Å². The summed E-state index contributed by atoms with van der Waals surface area (Å²) in [7, 11) is 0. The second-order valence-corrected chi connectivity index (χ2v) is 8.87. The minimum absolute atomic E-state index is 0.185. The number of hydrogen-bond acceptors (Lipinski definition) is 7. The number of benzene rings is 1. The van der Waals surface area contributed by atoms with Crippen LogP contribution in [-0.2, 0) is 5.75 Å². The normalized spacial score (nSPS) is 13.8. The standard InChI is InChI=1S/C20H25N5O4S2/c21-16(26)15-17(23-20(29)22-8-3-11-25-9-1-2-10-25)31-24-18(15)30-12-13-4-6-14(7-5-13)19(27)28/h4-7H,1-3,8-12H2,(H2,21,26)(H,27,28)(H2,22,23,29). The fraction of sp³-hybridized carbons (Fsp3) is 0.400. The number of nitrogens with one attached hydrogen (secondary N) is 2. The lowest BCUT2D eigenvalue weighted by Gasteiger charge is -2.14. The Morgan fingerprint density at radius 2 is 1.90 bits per heavy atom. The third kappa shape index (κ3) is 6.68. The predicted octanol–water partition coefficient (Wildman–Crippen LogP) is 2.84. The van der Waals surface area contributed by atoms with E-state index in [2.05, 4.69) is 19.9 Å². The molecule has 9 nitrogen and oxygen atoms in total. The molecule has 1 aliphatic rings. The van der Waals surface area contributed by atoms with Crippen LogP contribution in [0.5, 0.6) is 0 Å². The summed E-state index contributed by atoms with van der Waals surface area (Å²) in [6.07, 6.45) is 3.34. The molecular weight excluding hydrogens is 438 g/mol. The van der Waals surface area contributed by atoms with E-state index in [1.807, 2.05) is 0 Å². The van der Waals surface area contributed by atoms with Crippen LogP contribution >= 0.6 is 23.3 Å². The van der Waals surface area contributed by atoms with Gasteiger partial charge in [-0.2, -0.15) is 4.37 Å². The molecule has 1 saturated heterocycles. The van der Waals surface area contributed by atoms with Gasteiger partial charge in [0.15, 0.2) is 0 Å². The lowest BCUT2D eigenvalue weighted by molar-refractivity contribution is 0.0696. The summed E-state index contributed by atoms with van der Waals surface area (Å²) >= 11 is 2.30. The number of anilines is 1. The van der Waals surface area contributed by atoms with Crippen molar-refractivity contribution in [3.63, 3.8) is 0 Å². The Kier molecular flexibility index (Phi) is 8.27. The fourth-order valence-electron chi connectivity index (χ4n) is 3.23. The number of thioether (sulfide) groups is 1. The minimum Gasteiger partial charge on any atom is -0.478 e. The molecule has 3 rings (SSSR count). The highest BCUT2D eigenvalue weighted by Gasteiger charge is 2.21. The number of nitrogens with two attached hydrogens (primary N) is 1. The van der Waals surface area contributed by atoms with Crippen LogP contribution in [-0.4, -0.2) is 58.5 Å². The second-order valence-electron chi connectivity index (χ2n) is 7.13. The highest BCUT2D eigenvalue weighted by Crippen LogP contribution is 2.33. The maximum atomic E-state index is 12.2. The number of carboxylic acids is 1. The lowest BCUT2D eigenvalue weighted by Crippen LogP contribution is -2.32. The average molecular weight is 464 g/mol. The molecule has 31 heavy (non-hydrogen) atoms. The van der Waals surface area contributed by atoms with Crippen molar-refractivity contribution in [3.8, 4) is 0 Å². The highest BCUT2D eigenvalue weighted by molar-refractivity contribution is 7.98. The van der Waals surface area contributed by atoms with Gasteiger partial charge in [-0.25, -0.2) is 9.59 Å². The van der Waals surface area contributed by atoms with E-state index < -0.39 is 17.9 Å². The summed E-state index contributed by atoms with van der Waals surface area (Å²) in [4.78, 5) is 37.5. The summed E-state index contributed by atoms with van der Waals surface area (Å²) in [5.74, 6) is -1.17. The molecule has 11 heteroatoms. The highest BCUT2D eigenvalue weighted by atomic mass is 32.2. The van der Waals surface area contributed by atoms with Gasteiger partial charge in [-0.15, -0.1) is 0 Å². The van der Waals surface area contributed by atoms with Gasteiger partial charge in [0, 0.05) is 12.3 Å². The SMILES string of the molecule is NC(=O)c1c(SCc2ccc(C(=O)O)cc2)nsc1NC(=O)NCCCN1CCCC1. The molecule has 0 aliphatic carbocycles. The van der Waals surface area contributed by atoms with Gasteiger partial charge in [-0.1, -0.05) is 23.9 Å². The Morgan fingerprint density at radius 1 is 1.19 bits per heavy atom. The van der Waals surface area contributed by atoms with Gasteiger partial charge in [0.2, 0.25) is 0 Å². The number of carbonyl (C=O) groups is 3. The van der Waals surface area contributed by atoms with Crippen LogP contribution in [0.4, 0.5) is 9.80 Å². The molecule has 1 fully saturated rings. The van der Waals surface area contributed by atoms with Crippen LogP contribution in [0, 0.1) is 0 Å². The molecule has 0 radical (unpaired) electrons. The number of carboxylic acid groups (broad SMARTS) is 1. The number of urea groups is 1. The molecule has 0 saturated carbocycles. The van der Waals surface area contributed by atoms with Crippen molar-refractivity contribution in [3.05, 3.63) is 41.0 Å². The minimum atomic E-state index is -0.986. The van der Waals surface area contributed by atoms with Crippen LogP contribution in [0.25, 0.3) is 0 Å². The van der Waals surface area contributed by atoms with E-state index in [0.717, 1.165) is 43.2 Å². The van der Waals surface area contributed by atoms with Gasteiger partial charge in [0.05, 0.1) is 5.56 Å². The first-order valence-electron chi connectivity index (χ1n) is 9.95. The van der Waals surface area contributed by atoms with Crippen molar-refractivity contribution in [1.29, 1.82) is 0 Å². The van der Waals surface area contributed by atoms with Crippen molar-refractivity contribution in [2.24, 2.45) is 5.73 Å². The molecule has 0 spiro atoms. The molecule has 1 aromatic heterocycles. The number of likely N-dealkylation sites (tertiary alicyclic amines) is 1. The summed E-state index contributed by atoms with van der Waals surface area (Å²) in [6.45, 7) is 3.75. The van der Waals surface area contributed by atoms with E-state index in [1.54, 1.807) is 12.1 Å². The lowest BCUT2D eigenvalue weighted by atomic mass is 10.1. The van der Waals surface area contributed by atoms with Crippen LogP contribution in [0.15, 0.2) is 29.3 Å². The molecule has 2 aromatic rings. The summed E-state index contributed by atoms with van der Waals surface area (Å²) in [5, 5.41) is 15.2. The Hall–Kier alpha value is -2.63. The smallest absolute Gasteiger partial charge is 0.335 e. The molecule has 3 amide bonds. The summed E-state index contributed by atoms with van der Waals surface area (Å²) in [5.41, 5.74) is 6.79. The van der Waals surface area contributed by atoms with E-state index >= 15 is 0 Å². The molecule has 5 N–H and O–H groups in total. The molecule has 2 heterocycles. The molecule has 0 atom stereocenters. The largest absolute Gasteiger partial charge is 0.478 e. The number of aromatic carboxylic acids is 1. The predicted molar refractivity (Wildman–Crippen MR) is 121 cm³/mol. The van der Waals surface area contributed by atoms with E-state index in [0.29, 0.717) is 22.3 Å². The van der Waals surface area contributed by atoms with Crippen molar-refractivity contribution in [2.75, 3.05) is 31.5 Å². The molecule has 1 aliphatic heterocycles. The summed E-state index contributed by atoms with van der Waals surface area (Å²) in [6, 6.07) is 6.07. The fourth-order valence-corrected chi connectivity index (χ4v) is 5.15. The van der Waals surface area contributed by atoms with E-state index in [4.69, 9.17) is 10.8 Å². The van der Waals surface area contributed by atoms with Crippen molar-refractivity contribution >= 4 is 46.2 Å². The number of amides is 3. The van der Waals surface area contributed by atoms with Gasteiger partial charge in [0.1, 0.15) is 15.6 Å². The molecule has 0 unspecified atom stereocenters. The maximum absolute atomic E-state index is 12.2. The first kappa shape index (κ1) is 23.0. The number of rotatable bonds is 10. The van der Waals surface area contributed by atoms with Gasteiger partial charge < -0.3 is 21.1 Å². The molecule has 1 aromatic carbocycles. The number of aromatic nitrogens is 1. The van der Waals surface area contributed by atoms with Crippen molar-refractivity contribution in [2.45, 2.75) is 30.0 Å². The monoisotopic (exact) mass is 463 g/mol. The van der Waals surface area contributed by atoms with E-state index in [-0.39, 0.29) is 11.1 Å². The molecule has 166 valence electrons. The Morgan fingerprint density at radius 3 is 2.55 bits per heavy atom. The quantitative estimate of drug-likeness (QED) is 0.314. The second kappa shape index (κ2) is 11.1. The van der Waals surface area contributed by atoms with Crippen molar-refractivity contribution in [1.82, 2.24) is 14.6 Å². The third-order valence-corrected chi connectivity index (χ3v) is 6.77. The zero-order valence-corrected chi connectivity index (χ0v) is 18.6. The number of primary amides is 1. The zero-order chi connectivity index (χ0) is 22.2. The first-order chi connectivity index (χ1) is 14.9. The van der Waals surface area contributed by atoms with Gasteiger partial charge >= 0.3 is 12.0 Å². The van der Waals surface area contributed by atoms with Gasteiger partial charge in [-0.3, -0.25) is 10.1 Å². The topological polar surface area (TPSA) is 138 Å². The average Bonchev–Trinajstić information content (AvgIpc) is 3.40. The van der Waals surface area contributed by atoms with Crippen molar-refractivity contribution < 1.29 is 19.5 Å². The Bertz CT molecular complexity index is 926. The molecule has 0 bridgehead atoms. The Labute approximate surface area is 188 Å². The maximum Gasteiger partial charge on any atom is 0.335 e. The number of nitrogens with zero attached hydrogens (tertiary/aromatic N) is 2. The van der Waals surface area contributed by atoms with E-state index in [9.17, 15) is 14.4 Å². The van der Waals surface area contributed by atoms with Gasteiger partial charge in [-0.05, 0) is 68.1 Å². The van der Waals surface area contributed by atoms with Crippen LogP contribution in [0.1, 0.15) is 45.5 Å². The van der Waals surface area contributed by atoms with Crippen LogP contribution in [0.3, 0.4) is 0 Å². The van der Waals surface area contributed by atoms with Crippen LogP contribution < -0.4 is 16.4 Å². The first-order valence-corrected chi connectivity index (χ1v) is 11.7.